The molecular formula is C30H34N4O5. The summed E-state index contributed by atoms with van der Waals surface area (Å²) in [4.78, 5) is 33.0. The number of amidine groups is 1. The number of ether oxygens (including phenoxy) is 2. The van der Waals surface area contributed by atoms with Gasteiger partial charge in [-0.15, -0.1) is 0 Å². The summed E-state index contributed by atoms with van der Waals surface area (Å²) in [6, 6.07) is 20.5. The lowest BCUT2D eigenvalue weighted by Crippen LogP contribution is -2.38. The fourth-order valence-corrected chi connectivity index (χ4v) is 4.61. The van der Waals surface area contributed by atoms with Crippen LogP contribution >= 0.6 is 0 Å². The van der Waals surface area contributed by atoms with Crippen LogP contribution in [-0.2, 0) is 29.1 Å². The number of nitrogens with one attached hydrogen (secondary N) is 1. The second-order valence-electron chi connectivity index (χ2n) is 9.36. The molecule has 9 heteroatoms. The predicted molar refractivity (Wildman–Crippen MR) is 151 cm³/mol. The summed E-state index contributed by atoms with van der Waals surface area (Å²) in [7, 11) is 3.38. The summed E-state index contributed by atoms with van der Waals surface area (Å²) in [6.45, 7) is 4.67. The lowest BCUT2D eigenvalue weighted by Gasteiger charge is -2.28. The molecule has 0 saturated heterocycles. The molecule has 204 valence electrons. The number of carboxylic acid groups (broad SMARTS) is 1. The molecule has 1 atom stereocenters. The number of rotatable bonds is 9. The van der Waals surface area contributed by atoms with Crippen molar-refractivity contribution in [1.29, 1.82) is 0 Å². The number of hydrogen-bond acceptors (Lipinski definition) is 5. The molecule has 3 aromatic rings. The van der Waals surface area contributed by atoms with Gasteiger partial charge >= 0.3 is 6.09 Å². The average molecular weight is 531 g/mol. The van der Waals surface area contributed by atoms with Crippen molar-refractivity contribution in [1.82, 2.24) is 4.90 Å². The molecule has 1 heterocycles. The first kappa shape index (κ1) is 27.5. The molecule has 0 fully saturated rings. The van der Waals surface area contributed by atoms with E-state index < -0.39 is 12.1 Å². The molecule has 39 heavy (non-hydrogen) atoms. The molecular weight excluding hydrogens is 496 g/mol. The van der Waals surface area contributed by atoms with Crippen LogP contribution in [0, 0.1) is 6.92 Å². The van der Waals surface area contributed by atoms with Gasteiger partial charge in [0, 0.05) is 37.8 Å². The van der Waals surface area contributed by atoms with E-state index in [1.54, 1.807) is 32.0 Å². The Morgan fingerprint density at radius 1 is 1.08 bits per heavy atom. The zero-order valence-corrected chi connectivity index (χ0v) is 22.7. The van der Waals surface area contributed by atoms with E-state index >= 15 is 0 Å². The minimum Gasteiger partial charge on any atom is -0.497 e. The molecule has 0 bridgehead atoms. The van der Waals surface area contributed by atoms with Gasteiger partial charge in [0.2, 0.25) is 5.91 Å². The quantitative estimate of drug-likeness (QED) is 0.400. The number of nitrogens with zero attached hydrogens (tertiary/aromatic N) is 3. The maximum Gasteiger partial charge on any atom is 0.411 e. The SMILES string of the molecule is CCN(C(=O)O)c1ccc2c(c1C)COC(=NC(Cc1ccc(OC)cc1)C(=O)N(C)Cc1ccccc1)N2. The molecule has 1 aliphatic heterocycles. The second-order valence-corrected chi connectivity index (χ2v) is 9.36. The number of methoxy groups -OCH3 is 1. The normalized spacial score (nSPS) is 14.0. The van der Waals surface area contributed by atoms with E-state index in [0.717, 1.165) is 33.7 Å². The molecule has 3 aromatic carbocycles. The Balaban J connectivity index is 1.60. The van der Waals surface area contributed by atoms with Crippen LogP contribution in [0.1, 0.15) is 29.2 Å². The molecule has 0 saturated carbocycles. The monoisotopic (exact) mass is 530 g/mol. The molecule has 1 aliphatic rings. The summed E-state index contributed by atoms with van der Waals surface area (Å²) in [5.41, 5.74) is 5.03. The Labute approximate surface area is 228 Å². The maximum absolute atomic E-state index is 13.6. The van der Waals surface area contributed by atoms with Crippen molar-refractivity contribution < 1.29 is 24.2 Å². The number of anilines is 2. The van der Waals surface area contributed by atoms with Crippen molar-refractivity contribution in [3.8, 4) is 5.75 Å². The van der Waals surface area contributed by atoms with Gasteiger partial charge in [0.15, 0.2) is 0 Å². The number of aliphatic imine (C=N–C) groups is 1. The van der Waals surface area contributed by atoms with Gasteiger partial charge in [0.1, 0.15) is 18.4 Å². The van der Waals surface area contributed by atoms with Gasteiger partial charge in [-0.25, -0.2) is 9.79 Å². The number of carbonyl (C=O) groups is 2. The summed E-state index contributed by atoms with van der Waals surface area (Å²) in [5, 5.41) is 12.8. The number of likely N-dealkylation sites (N-methyl/N-ethyl adjacent to an activating group) is 1. The molecule has 9 nitrogen and oxygen atoms in total. The number of fused-ring (bicyclic) bond motifs is 1. The number of amides is 2. The van der Waals surface area contributed by atoms with Gasteiger partial charge in [-0.1, -0.05) is 42.5 Å². The van der Waals surface area contributed by atoms with Crippen LogP contribution in [0.5, 0.6) is 5.75 Å². The minimum atomic E-state index is -1.01. The van der Waals surface area contributed by atoms with Gasteiger partial charge in [0.05, 0.1) is 12.8 Å². The Bertz CT molecular complexity index is 1340. The van der Waals surface area contributed by atoms with Crippen molar-refractivity contribution in [3.05, 3.63) is 89.0 Å². The molecule has 2 N–H and O–H groups in total. The zero-order chi connectivity index (χ0) is 27.9. The number of hydrogen-bond donors (Lipinski definition) is 2. The van der Waals surface area contributed by atoms with Crippen LogP contribution in [0.4, 0.5) is 16.2 Å². The smallest absolute Gasteiger partial charge is 0.411 e. The van der Waals surface area contributed by atoms with Gasteiger partial charge in [-0.05, 0) is 54.8 Å². The van der Waals surface area contributed by atoms with Gasteiger partial charge in [0.25, 0.3) is 6.02 Å². The molecule has 0 aliphatic carbocycles. The van der Waals surface area contributed by atoms with E-state index in [1.807, 2.05) is 67.6 Å². The fraction of sp³-hybridized carbons (Fsp3) is 0.300. The topological polar surface area (TPSA) is 104 Å². The van der Waals surface area contributed by atoms with Gasteiger partial charge < -0.3 is 24.8 Å². The highest BCUT2D eigenvalue weighted by atomic mass is 16.5. The van der Waals surface area contributed by atoms with Crippen molar-refractivity contribution in [2.75, 3.05) is 30.9 Å². The van der Waals surface area contributed by atoms with Crippen molar-refractivity contribution in [2.24, 2.45) is 4.99 Å². The Kier molecular flexibility index (Phi) is 8.70. The largest absolute Gasteiger partial charge is 0.497 e. The Morgan fingerprint density at radius 3 is 2.44 bits per heavy atom. The second kappa shape index (κ2) is 12.3. The number of carbonyl (C=O) groups excluding carboxylic acids is 1. The van der Waals surface area contributed by atoms with E-state index in [9.17, 15) is 14.7 Å². The molecule has 1 unspecified atom stereocenters. The predicted octanol–water partition coefficient (Wildman–Crippen LogP) is 5.08. The summed E-state index contributed by atoms with van der Waals surface area (Å²) in [5.74, 6) is 0.604. The average Bonchev–Trinajstić information content (AvgIpc) is 2.94. The molecule has 0 radical (unpaired) electrons. The Morgan fingerprint density at radius 2 is 1.79 bits per heavy atom. The summed E-state index contributed by atoms with van der Waals surface area (Å²) < 4.78 is 11.2. The standard InChI is InChI=1S/C30H34N4O5/c1-5-34(30(36)37)27-16-15-25-24(20(27)2)19-39-29(31-25)32-26(17-21-11-13-23(38-4)14-12-21)28(35)33(3)18-22-9-7-6-8-10-22/h6-16,26H,5,17-19H2,1-4H3,(H,31,32)(H,36,37). The van der Waals surface area contributed by atoms with E-state index in [2.05, 4.69) is 5.32 Å². The van der Waals surface area contributed by atoms with E-state index in [4.69, 9.17) is 14.5 Å². The number of benzene rings is 3. The highest BCUT2D eigenvalue weighted by molar-refractivity contribution is 5.96. The van der Waals surface area contributed by atoms with Crippen LogP contribution in [0.3, 0.4) is 0 Å². The van der Waals surface area contributed by atoms with Crippen LogP contribution in [0.2, 0.25) is 0 Å². The Hall–Kier alpha value is -4.53. The summed E-state index contributed by atoms with van der Waals surface area (Å²) in [6.07, 6.45) is -0.627. The third kappa shape index (κ3) is 6.49. The molecule has 2 amide bonds. The maximum atomic E-state index is 13.6. The van der Waals surface area contributed by atoms with Crippen LogP contribution in [0.15, 0.2) is 71.7 Å². The highest BCUT2D eigenvalue weighted by Crippen LogP contribution is 2.32. The van der Waals surface area contributed by atoms with E-state index in [0.29, 0.717) is 25.2 Å². The lowest BCUT2D eigenvalue weighted by molar-refractivity contribution is -0.131. The first-order valence-electron chi connectivity index (χ1n) is 12.8. The van der Waals surface area contributed by atoms with Gasteiger partial charge in [-0.3, -0.25) is 9.69 Å². The van der Waals surface area contributed by atoms with E-state index in [-0.39, 0.29) is 18.5 Å². The van der Waals surface area contributed by atoms with Gasteiger partial charge in [-0.2, -0.15) is 0 Å². The lowest BCUT2D eigenvalue weighted by atomic mass is 10.0. The third-order valence-electron chi connectivity index (χ3n) is 6.79. The van der Waals surface area contributed by atoms with Crippen LogP contribution < -0.4 is 15.0 Å². The zero-order valence-electron chi connectivity index (χ0n) is 22.7. The molecule has 0 spiro atoms. The first-order valence-corrected chi connectivity index (χ1v) is 12.8. The van der Waals surface area contributed by atoms with Crippen molar-refractivity contribution in [3.63, 3.8) is 0 Å². The summed E-state index contributed by atoms with van der Waals surface area (Å²) >= 11 is 0. The minimum absolute atomic E-state index is 0.134. The fourth-order valence-electron chi connectivity index (χ4n) is 4.61. The van der Waals surface area contributed by atoms with E-state index in [1.165, 1.54) is 4.90 Å². The van der Waals surface area contributed by atoms with Crippen molar-refractivity contribution in [2.45, 2.75) is 39.5 Å². The highest BCUT2D eigenvalue weighted by Gasteiger charge is 2.27. The van der Waals surface area contributed by atoms with Crippen molar-refractivity contribution >= 4 is 29.4 Å². The van der Waals surface area contributed by atoms with Crippen LogP contribution in [-0.4, -0.2) is 54.8 Å². The first-order chi connectivity index (χ1) is 18.8. The molecule has 0 aromatic heterocycles. The molecule has 4 rings (SSSR count). The van der Waals surface area contributed by atoms with Crippen LogP contribution in [0.25, 0.3) is 0 Å². The third-order valence-corrected chi connectivity index (χ3v) is 6.79.